The van der Waals surface area contributed by atoms with Gasteiger partial charge in [0.2, 0.25) is 0 Å². The van der Waals surface area contributed by atoms with E-state index in [0.717, 1.165) is 0 Å². The molecule has 0 rings (SSSR count). The molecule has 0 aliphatic rings. The Bertz CT molecular complexity index is 66.7. The number of hydrogen-bond acceptors (Lipinski definition) is 1. The minimum absolute atomic E-state index is 0. The zero-order valence-electron chi connectivity index (χ0n) is 2.20. The summed E-state index contributed by atoms with van der Waals surface area (Å²) in [5.41, 5.74) is 0. The van der Waals surface area contributed by atoms with Gasteiger partial charge >= 0.3 is 142 Å². The van der Waals surface area contributed by atoms with Gasteiger partial charge in [-0.15, -0.1) is 0 Å². The van der Waals surface area contributed by atoms with E-state index in [1.54, 1.807) is 0 Å². The predicted molar refractivity (Wildman–Crippen MR) is 48.4 cm³/mol. The van der Waals surface area contributed by atoms with E-state index in [1.165, 1.54) is 0 Å². The van der Waals surface area contributed by atoms with E-state index in [2.05, 4.69) is 0 Å². The topological polar surface area (TPSA) is 77.8 Å². The summed E-state index contributed by atoms with van der Waals surface area (Å²) in [4.78, 5) is 21.6. The van der Waals surface area contributed by atoms with Gasteiger partial charge in [0.15, 0.2) is 0 Å². The summed E-state index contributed by atoms with van der Waals surface area (Å²) in [6.07, 6.45) is 0. The van der Waals surface area contributed by atoms with E-state index in [4.69, 9.17) is 19.2 Å². The van der Waals surface area contributed by atoms with Crippen LogP contribution in [-0.2, 0) is 4.57 Å². The molecule has 0 bridgehead atoms. The van der Waals surface area contributed by atoms with E-state index < -0.39 is 7.82 Å². The second-order valence-corrected chi connectivity index (χ2v) is 1.54. The summed E-state index contributed by atoms with van der Waals surface area (Å²) in [6, 6.07) is 0. The molecule has 0 heterocycles. The molecule has 4 nitrogen and oxygen atoms in total. The second-order valence-electron chi connectivity index (χ2n) is 0.513. The van der Waals surface area contributed by atoms with Crippen LogP contribution in [0, 0.1) is 0 Å². The Balaban J connectivity index is -0.0000000133. The molecular formula is H11BCaKO4PSr. The maximum absolute atomic E-state index is 8.88. The first-order valence-corrected chi connectivity index (χ1v) is 2.35. The molecule has 0 amide bonds. The quantitative estimate of drug-likeness (QED) is 0.309. The molecule has 0 aliphatic heterocycles. The van der Waals surface area contributed by atoms with Crippen molar-refractivity contribution in [3.8, 4) is 0 Å². The van der Waals surface area contributed by atoms with E-state index in [0.29, 0.717) is 0 Å². The van der Waals surface area contributed by atoms with E-state index >= 15 is 0 Å². The third-order valence-corrected chi connectivity index (χ3v) is 0. The Morgan fingerprint density at radius 1 is 1.11 bits per heavy atom. The van der Waals surface area contributed by atoms with Crippen LogP contribution in [0.3, 0.4) is 0 Å². The molecule has 3 N–H and O–H groups in total. The Kier molecular flexibility index (Phi) is 48.8. The monoisotopic (exact) mass is 284 g/mol. The SMILES string of the molecule is B.O=P(O)(O)O.[CaH2].[KH].[SrH2]. The molecule has 0 aromatic heterocycles. The van der Waals surface area contributed by atoms with Crippen molar-refractivity contribution < 1.29 is 19.2 Å². The van der Waals surface area contributed by atoms with Crippen LogP contribution in [0.1, 0.15) is 0 Å². The number of phosphoric acid groups is 1. The summed E-state index contributed by atoms with van der Waals surface area (Å²) in [5, 5.41) is 0. The first kappa shape index (κ1) is 29.2. The second kappa shape index (κ2) is 15.0. The third-order valence-electron chi connectivity index (χ3n) is 0. The first-order chi connectivity index (χ1) is 2.00. The molecule has 48 valence electrons. The maximum atomic E-state index is 8.88. The summed E-state index contributed by atoms with van der Waals surface area (Å²) in [6.45, 7) is 0. The van der Waals surface area contributed by atoms with Crippen LogP contribution in [0.5, 0.6) is 0 Å². The number of hydrogen-bond donors (Lipinski definition) is 3. The molecule has 0 radical (unpaired) electrons. The van der Waals surface area contributed by atoms with Crippen molar-refractivity contribution in [2.75, 3.05) is 0 Å². The zero-order chi connectivity index (χ0) is 4.50. The molecule has 9 heteroatoms. The fourth-order valence-corrected chi connectivity index (χ4v) is 0. The van der Waals surface area contributed by atoms with Gasteiger partial charge in [-0.3, -0.25) is 0 Å². The minimum atomic E-state index is -4.64. The van der Waals surface area contributed by atoms with Crippen molar-refractivity contribution in [3.63, 3.8) is 0 Å². The van der Waals surface area contributed by atoms with Gasteiger partial charge in [0.25, 0.3) is 0 Å². The van der Waals surface area contributed by atoms with E-state index in [9.17, 15) is 0 Å². The van der Waals surface area contributed by atoms with Crippen molar-refractivity contribution in [3.05, 3.63) is 0 Å². The normalized spacial score (nSPS) is 6.56. The van der Waals surface area contributed by atoms with Gasteiger partial charge in [0, 0.05) is 0 Å². The van der Waals surface area contributed by atoms with Crippen molar-refractivity contribution >= 4 is 151 Å². The fourth-order valence-electron chi connectivity index (χ4n) is 0. The molecule has 0 spiro atoms. The Hall–Kier alpha value is 4.55. The Labute approximate surface area is 165 Å². The molecule has 0 atom stereocenters. The van der Waals surface area contributed by atoms with Crippen LogP contribution >= 0.6 is 7.82 Å². The predicted octanol–water partition coefficient (Wildman–Crippen LogP) is -4.59. The van der Waals surface area contributed by atoms with Gasteiger partial charge < -0.3 is 14.7 Å². The molecule has 0 unspecified atom stereocenters. The van der Waals surface area contributed by atoms with Crippen molar-refractivity contribution in [1.82, 2.24) is 0 Å². The van der Waals surface area contributed by atoms with E-state index in [1.807, 2.05) is 0 Å². The van der Waals surface area contributed by atoms with Crippen LogP contribution in [-0.4, -0.2) is 158 Å². The van der Waals surface area contributed by atoms with Gasteiger partial charge in [-0.1, -0.05) is 0 Å². The zero-order valence-corrected chi connectivity index (χ0v) is 3.09. The van der Waals surface area contributed by atoms with Gasteiger partial charge in [0.1, 0.15) is 0 Å². The van der Waals surface area contributed by atoms with Crippen molar-refractivity contribution in [1.29, 1.82) is 0 Å². The molecule has 0 aliphatic carbocycles. The summed E-state index contributed by atoms with van der Waals surface area (Å²) in [7, 11) is -4.64. The van der Waals surface area contributed by atoms with Gasteiger partial charge in [-0.2, -0.15) is 0 Å². The molecule has 9 heavy (non-hydrogen) atoms. The molecule has 0 saturated heterocycles. The third kappa shape index (κ3) is 67.5. The van der Waals surface area contributed by atoms with Crippen LogP contribution in [0.25, 0.3) is 0 Å². The van der Waals surface area contributed by atoms with Crippen LogP contribution < -0.4 is 0 Å². The van der Waals surface area contributed by atoms with Crippen molar-refractivity contribution in [2.45, 2.75) is 0 Å². The van der Waals surface area contributed by atoms with Gasteiger partial charge in [-0.05, 0) is 0 Å². The van der Waals surface area contributed by atoms with Gasteiger partial charge in [0.05, 0.1) is 8.41 Å². The summed E-state index contributed by atoms with van der Waals surface area (Å²) < 4.78 is 8.88. The average molecular weight is 284 g/mol. The number of rotatable bonds is 0. The summed E-state index contributed by atoms with van der Waals surface area (Å²) >= 11 is 0. The van der Waals surface area contributed by atoms with Crippen molar-refractivity contribution in [2.24, 2.45) is 0 Å². The fraction of sp³-hybridized carbons (Fsp3) is 0. The van der Waals surface area contributed by atoms with Crippen LogP contribution in [0.15, 0.2) is 0 Å². The van der Waals surface area contributed by atoms with Gasteiger partial charge in [-0.25, -0.2) is 4.57 Å². The average Bonchev–Trinajstić information content (AvgIpc) is 0.722. The molecule has 0 saturated carbocycles. The molecule has 0 aromatic rings. The van der Waals surface area contributed by atoms with Crippen LogP contribution in [0.2, 0.25) is 0 Å². The summed E-state index contributed by atoms with van der Waals surface area (Å²) in [5.74, 6) is 0. The first-order valence-electron chi connectivity index (χ1n) is 0.783. The van der Waals surface area contributed by atoms with Crippen LogP contribution in [0.4, 0.5) is 0 Å². The van der Waals surface area contributed by atoms with E-state index in [-0.39, 0.29) is 143 Å². The molecule has 0 fully saturated rings. The standard InChI is InChI=1S/BH3.Ca.K.H3O4P.Sr.5H/c;;;1-5(2,3)4;;;;;;/h1H3;;;(H3,1,2,3,4);;;;;;. The molecule has 0 aromatic carbocycles. The Morgan fingerprint density at radius 2 is 1.11 bits per heavy atom. The molecular weight excluding hydrogens is 273 g/mol. The Morgan fingerprint density at radius 3 is 1.11 bits per heavy atom.